The standard InChI is InChI=1S/C35H55N7O6S/c1-6-29(43)38-27(19-30-39-24-11-10-23(21(4)5)18-28(24)49-30)34(46)42-31(22-12-15-48-16-13-22)35(47)40-25(9-7-8-14-36)33(45)41-26(32(37)44)17-20(2)3/h10-11,18,20-22,25-27,31H,6-9,12-17,19,36H2,1-5H3,(H2,37,44)(H,38,43)(H,40,47)(H,41,45)(H,42,46)/t25-,26-,27-,31-/m0/s1. The molecule has 1 aliphatic rings. The van der Waals surface area contributed by atoms with Crippen LogP contribution < -0.4 is 32.7 Å². The summed E-state index contributed by atoms with van der Waals surface area (Å²) in [6.45, 7) is 11.0. The van der Waals surface area contributed by atoms with Gasteiger partial charge in [0.25, 0.3) is 0 Å². The number of nitrogens with two attached hydrogens (primary N) is 2. The zero-order valence-electron chi connectivity index (χ0n) is 29.5. The number of amides is 5. The number of carbonyl (C=O) groups excluding carboxylic acids is 5. The predicted octanol–water partition coefficient (Wildman–Crippen LogP) is 2.40. The number of aromatic nitrogens is 1. The summed E-state index contributed by atoms with van der Waals surface area (Å²) in [6, 6.07) is 2.23. The van der Waals surface area contributed by atoms with Crippen LogP contribution in [0.25, 0.3) is 10.2 Å². The van der Waals surface area contributed by atoms with Gasteiger partial charge < -0.3 is 37.5 Å². The van der Waals surface area contributed by atoms with Gasteiger partial charge in [-0.05, 0) is 80.5 Å². The third-order valence-corrected chi connectivity index (χ3v) is 9.78. The molecule has 14 heteroatoms. The number of nitrogens with zero attached hydrogens (tertiary/aromatic N) is 1. The first-order valence-corrected chi connectivity index (χ1v) is 18.3. The highest BCUT2D eigenvalue weighted by Gasteiger charge is 2.36. The average molecular weight is 702 g/mol. The van der Waals surface area contributed by atoms with Gasteiger partial charge in [-0.25, -0.2) is 4.98 Å². The van der Waals surface area contributed by atoms with E-state index in [1.165, 1.54) is 16.9 Å². The van der Waals surface area contributed by atoms with Crippen molar-refractivity contribution in [2.45, 2.75) is 116 Å². The van der Waals surface area contributed by atoms with E-state index < -0.39 is 47.8 Å². The quantitative estimate of drug-likeness (QED) is 0.120. The zero-order chi connectivity index (χ0) is 36.1. The summed E-state index contributed by atoms with van der Waals surface area (Å²) in [5.41, 5.74) is 13.3. The number of hydrogen-bond donors (Lipinski definition) is 6. The van der Waals surface area contributed by atoms with Crippen LogP contribution in [-0.4, -0.2) is 78.4 Å². The Labute approximate surface area is 293 Å². The van der Waals surface area contributed by atoms with Crippen LogP contribution in [0.5, 0.6) is 0 Å². The molecule has 1 saturated heterocycles. The zero-order valence-corrected chi connectivity index (χ0v) is 30.3. The molecule has 1 aromatic carbocycles. The molecule has 1 fully saturated rings. The van der Waals surface area contributed by atoms with Crippen LogP contribution in [0, 0.1) is 11.8 Å². The number of benzene rings is 1. The molecule has 0 aliphatic carbocycles. The maximum Gasteiger partial charge on any atom is 0.243 e. The number of fused-ring (bicyclic) bond motifs is 1. The number of unbranched alkanes of at least 4 members (excludes halogenated alkanes) is 1. The first-order chi connectivity index (χ1) is 23.3. The summed E-state index contributed by atoms with van der Waals surface area (Å²) in [4.78, 5) is 70.9. The Kier molecular flexibility index (Phi) is 15.9. The van der Waals surface area contributed by atoms with Gasteiger partial charge in [-0.3, -0.25) is 24.0 Å². The number of nitrogens with one attached hydrogen (secondary N) is 4. The van der Waals surface area contributed by atoms with Crippen molar-refractivity contribution in [3.05, 3.63) is 28.8 Å². The predicted molar refractivity (Wildman–Crippen MR) is 191 cm³/mol. The van der Waals surface area contributed by atoms with Gasteiger partial charge >= 0.3 is 0 Å². The van der Waals surface area contributed by atoms with Crippen molar-refractivity contribution < 1.29 is 28.7 Å². The number of thiazole rings is 1. The lowest BCUT2D eigenvalue weighted by Crippen LogP contribution is -2.60. The van der Waals surface area contributed by atoms with E-state index >= 15 is 0 Å². The Bertz CT molecular complexity index is 1420. The monoisotopic (exact) mass is 701 g/mol. The number of hydrogen-bond acceptors (Lipinski definition) is 9. The minimum absolute atomic E-state index is 0.0950. The Morgan fingerprint density at radius 3 is 2.20 bits per heavy atom. The molecule has 272 valence electrons. The van der Waals surface area contributed by atoms with Crippen LogP contribution in [0.1, 0.15) is 96.1 Å². The van der Waals surface area contributed by atoms with Crippen molar-refractivity contribution in [1.82, 2.24) is 26.3 Å². The second kappa shape index (κ2) is 19.5. The minimum atomic E-state index is -1.01. The van der Waals surface area contributed by atoms with Crippen LogP contribution in [0.15, 0.2) is 18.2 Å². The summed E-state index contributed by atoms with van der Waals surface area (Å²) in [5.74, 6) is -2.38. The van der Waals surface area contributed by atoms with Crippen molar-refractivity contribution in [1.29, 1.82) is 0 Å². The highest BCUT2D eigenvalue weighted by atomic mass is 32.1. The highest BCUT2D eigenvalue weighted by Crippen LogP contribution is 2.27. The van der Waals surface area contributed by atoms with E-state index in [4.69, 9.17) is 21.2 Å². The lowest BCUT2D eigenvalue weighted by molar-refractivity contribution is -0.136. The molecule has 1 aliphatic heterocycles. The fourth-order valence-electron chi connectivity index (χ4n) is 5.83. The maximum absolute atomic E-state index is 14.0. The van der Waals surface area contributed by atoms with Crippen molar-refractivity contribution in [3.63, 3.8) is 0 Å². The Balaban J connectivity index is 1.86. The molecule has 2 aromatic rings. The van der Waals surface area contributed by atoms with Gasteiger partial charge in [0.15, 0.2) is 0 Å². The number of primary amides is 1. The number of rotatable bonds is 19. The van der Waals surface area contributed by atoms with E-state index in [0.29, 0.717) is 62.8 Å². The van der Waals surface area contributed by atoms with E-state index in [0.717, 1.165) is 10.2 Å². The molecule has 49 heavy (non-hydrogen) atoms. The van der Waals surface area contributed by atoms with Gasteiger partial charge in [0, 0.05) is 26.1 Å². The molecule has 13 nitrogen and oxygen atoms in total. The van der Waals surface area contributed by atoms with E-state index in [1.54, 1.807) is 6.92 Å². The van der Waals surface area contributed by atoms with Crippen molar-refractivity contribution in [2.24, 2.45) is 23.3 Å². The summed E-state index contributed by atoms with van der Waals surface area (Å²) >= 11 is 1.47. The third kappa shape index (κ3) is 12.3. The molecular weight excluding hydrogens is 646 g/mol. The van der Waals surface area contributed by atoms with Crippen molar-refractivity contribution in [3.8, 4) is 0 Å². The summed E-state index contributed by atoms with van der Waals surface area (Å²) in [7, 11) is 0. The molecule has 0 radical (unpaired) electrons. The van der Waals surface area contributed by atoms with Gasteiger partial charge in [-0.15, -0.1) is 11.3 Å². The SMILES string of the molecule is CCC(=O)N[C@@H](Cc1nc2ccc(C(C)C)cc2s1)C(=O)N[C@H](C(=O)N[C@@H](CCCCN)C(=O)N[C@@H](CC(C)C)C(N)=O)C1CCOCC1. The number of carbonyl (C=O) groups is 5. The molecule has 2 heterocycles. The number of ether oxygens (including phenoxy) is 1. The second-order valence-electron chi connectivity index (χ2n) is 13.5. The summed E-state index contributed by atoms with van der Waals surface area (Å²) < 4.78 is 6.53. The van der Waals surface area contributed by atoms with Gasteiger partial charge in [-0.2, -0.15) is 0 Å². The van der Waals surface area contributed by atoms with Crippen LogP contribution in [0.2, 0.25) is 0 Å². The molecule has 3 rings (SSSR count). The van der Waals surface area contributed by atoms with E-state index in [1.807, 2.05) is 26.0 Å². The lowest BCUT2D eigenvalue weighted by Gasteiger charge is -2.32. The maximum atomic E-state index is 14.0. The van der Waals surface area contributed by atoms with Crippen LogP contribution >= 0.6 is 11.3 Å². The average Bonchev–Trinajstić information content (AvgIpc) is 3.47. The Morgan fingerprint density at radius 1 is 0.918 bits per heavy atom. The largest absolute Gasteiger partial charge is 0.381 e. The first kappa shape index (κ1) is 39.8. The fraction of sp³-hybridized carbons (Fsp3) is 0.657. The highest BCUT2D eigenvalue weighted by molar-refractivity contribution is 7.18. The van der Waals surface area contributed by atoms with Crippen LogP contribution in [0.4, 0.5) is 0 Å². The van der Waals surface area contributed by atoms with E-state index in [9.17, 15) is 24.0 Å². The van der Waals surface area contributed by atoms with Gasteiger partial charge in [0.2, 0.25) is 29.5 Å². The minimum Gasteiger partial charge on any atom is -0.381 e. The molecule has 1 aromatic heterocycles. The second-order valence-corrected chi connectivity index (χ2v) is 14.7. The molecule has 0 unspecified atom stereocenters. The smallest absolute Gasteiger partial charge is 0.243 e. The normalized spacial score (nSPS) is 16.2. The lowest BCUT2D eigenvalue weighted by atomic mass is 9.90. The third-order valence-electron chi connectivity index (χ3n) is 8.74. The van der Waals surface area contributed by atoms with E-state index in [2.05, 4.69) is 41.2 Å². The molecule has 0 bridgehead atoms. The molecule has 4 atom stereocenters. The van der Waals surface area contributed by atoms with Crippen molar-refractivity contribution >= 4 is 51.1 Å². The van der Waals surface area contributed by atoms with Crippen LogP contribution in [-0.2, 0) is 35.1 Å². The Hall–Kier alpha value is -3.62. The summed E-state index contributed by atoms with van der Waals surface area (Å²) in [5, 5.41) is 12.0. The molecule has 0 saturated carbocycles. The molecule has 8 N–H and O–H groups in total. The molecule has 0 spiro atoms. The van der Waals surface area contributed by atoms with E-state index in [-0.39, 0.29) is 37.0 Å². The van der Waals surface area contributed by atoms with Gasteiger partial charge in [0.1, 0.15) is 24.2 Å². The molecular formula is C35H55N7O6S. The van der Waals surface area contributed by atoms with Gasteiger partial charge in [-0.1, -0.05) is 40.7 Å². The fourth-order valence-corrected chi connectivity index (χ4v) is 6.89. The van der Waals surface area contributed by atoms with Crippen molar-refractivity contribution in [2.75, 3.05) is 19.8 Å². The molecule has 5 amide bonds. The Morgan fingerprint density at radius 2 is 1.59 bits per heavy atom. The van der Waals surface area contributed by atoms with Gasteiger partial charge in [0.05, 0.1) is 15.2 Å². The van der Waals surface area contributed by atoms with Crippen LogP contribution in [0.3, 0.4) is 0 Å². The first-order valence-electron chi connectivity index (χ1n) is 17.5. The topological polar surface area (TPSA) is 208 Å². The summed E-state index contributed by atoms with van der Waals surface area (Å²) in [6.07, 6.45) is 3.17.